The van der Waals surface area contributed by atoms with Gasteiger partial charge in [-0.1, -0.05) is 11.8 Å². The van der Waals surface area contributed by atoms with Crippen LogP contribution >= 0.6 is 11.8 Å². The molecule has 0 radical (unpaired) electrons. The number of hydrogen-bond acceptors (Lipinski definition) is 7. The summed E-state index contributed by atoms with van der Waals surface area (Å²) in [6.07, 6.45) is 0.757. The number of aromatic nitrogens is 3. The fourth-order valence-corrected chi connectivity index (χ4v) is 2.82. The highest BCUT2D eigenvalue weighted by molar-refractivity contribution is 7.99. The van der Waals surface area contributed by atoms with Crippen LogP contribution in [0.2, 0.25) is 0 Å². The summed E-state index contributed by atoms with van der Waals surface area (Å²) >= 11 is 1.21. The molecule has 1 atom stereocenters. The van der Waals surface area contributed by atoms with Gasteiger partial charge in [0.2, 0.25) is 0 Å². The highest BCUT2D eigenvalue weighted by atomic mass is 32.2. The Labute approximate surface area is 144 Å². The monoisotopic (exact) mass is 352 g/mol. The van der Waals surface area contributed by atoms with Gasteiger partial charge in [-0.25, -0.2) is 0 Å². The van der Waals surface area contributed by atoms with Gasteiger partial charge in [-0.05, 0) is 26.0 Å². The smallest absolute Gasteiger partial charge is 0.317 e. The molecule has 8 nitrogen and oxygen atoms in total. The summed E-state index contributed by atoms with van der Waals surface area (Å²) < 4.78 is 12.3. The van der Waals surface area contributed by atoms with Gasteiger partial charge in [0.15, 0.2) is 22.8 Å². The lowest BCUT2D eigenvalue weighted by Gasteiger charge is -2.17. The summed E-state index contributed by atoms with van der Waals surface area (Å²) in [7, 11) is 3.22. The number of nitrogens with zero attached hydrogens (tertiary/aromatic N) is 4. The fourth-order valence-electron chi connectivity index (χ4n) is 2.04. The van der Waals surface area contributed by atoms with E-state index in [0.717, 1.165) is 0 Å². The molecule has 2 aromatic heterocycles. The second-order valence-corrected chi connectivity index (χ2v) is 6.12. The van der Waals surface area contributed by atoms with Crippen LogP contribution in [0.15, 0.2) is 28.0 Å². The average molecular weight is 352 g/mol. The first-order valence-electron chi connectivity index (χ1n) is 7.44. The Balaban J connectivity index is 1.97. The van der Waals surface area contributed by atoms with E-state index in [1.807, 2.05) is 11.5 Å². The van der Waals surface area contributed by atoms with Crippen molar-refractivity contribution in [3.63, 3.8) is 0 Å². The van der Waals surface area contributed by atoms with Gasteiger partial charge in [0, 0.05) is 20.6 Å². The second kappa shape index (κ2) is 8.00. The van der Waals surface area contributed by atoms with Crippen LogP contribution in [-0.2, 0) is 20.9 Å². The minimum absolute atomic E-state index is 0.0430. The Kier molecular flexibility index (Phi) is 6.02. The zero-order valence-electron chi connectivity index (χ0n) is 14.1. The van der Waals surface area contributed by atoms with Gasteiger partial charge in [-0.3, -0.25) is 14.2 Å². The van der Waals surface area contributed by atoms with E-state index >= 15 is 0 Å². The summed E-state index contributed by atoms with van der Waals surface area (Å²) in [6, 6.07) is 3.57. The maximum absolute atomic E-state index is 11.9. The van der Waals surface area contributed by atoms with E-state index in [9.17, 15) is 9.59 Å². The Morgan fingerprint density at radius 2 is 2.17 bits per heavy atom. The van der Waals surface area contributed by atoms with Gasteiger partial charge in [0.05, 0.1) is 12.0 Å². The van der Waals surface area contributed by atoms with Crippen molar-refractivity contribution >= 4 is 23.6 Å². The molecule has 0 saturated carbocycles. The molecule has 0 aromatic carbocycles. The standard InChI is InChI=1S/C15H20N4O4S/c1-5-19-13(11-7-6-8-22-11)16-17-15(19)24-9-12(20)23-10(2)14(21)18(3)4/h6-8,10H,5,9H2,1-4H3/t10-/m0/s1. The maximum Gasteiger partial charge on any atom is 0.317 e. The quantitative estimate of drug-likeness (QED) is 0.553. The largest absolute Gasteiger partial charge is 0.461 e. The minimum Gasteiger partial charge on any atom is -0.461 e. The van der Waals surface area contributed by atoms with Crippen molar-refractivity contribution in [1.29, 1.82) is 0 Å². The molecule has 0 aliphatic carbocycles. The van der Waals surface area contributed by atoms with Crippen LogP contribution in [0.1, 0.15) is 13.8 Å². The minimum atomic E-state index is -0.809. The van der Waals surface area contributed by atoms with E-state index in [-0.39, 0.29) is 11.7 Å². The molecule has 2 aromatic rings. The van der Waals surface area contributed by atoms with Crippen molar-refractivity contribution in [2.24, 2.45) is 0 Å². The predicted octanol–water partition coefficient (Wildman–Crippen LogP) is 1.67. The molecule has 0 saturated heterocycles. The molecule has 0 aliphatic rings. The van der Waals surface area contributed by atoms with E-state index in [0.29, 0.717) is 23.3 Å². The highest BCUT2D eigenvalue weighted by Crippen LogP contribution is 2.24. The lowest BCUT2D eigenvalue weighted by Crippen LogP contribution is -2.35. The van der Waals surface area contributed by atoms with Crippen LogP contribution in [0.3, 0.4) is 0 Å². The van der Waals surface area contributed by atoms with Crippen molar-refractivity contribution in [1.82, 2.24) is 19.7 Å². The molecule has 9 heteroatoms. The number of likely N-dealkylation sites (N-methyl/N-ethyl adjacent to an activating group) is 1. The third kappa shape index (κ3) is 4.16. The molecular formula is C15H20N4O4S. The van der Waals surface area contributed by atoms with Crippen LogP contribution in [0, 0.1) is 0 Å². The number of amides is 1. The molecule has 1 amide bonds. The van der Waals surface area contributed by atoms with Crippen LogP contribution < -0.4 is 0 Å². The Bertz CT molecular complexity index is 696. The first-order chi connectivity index (χ1) is 11.4. The van der Waals surface area contributed by atoms with Gasteiger partial charge in [-0.2, -0.15) is 0 Å². The van der Waals surface area contributed by atoms with Gasteiger partial charge in [-0.15, -0.1) is 10.2 Å². The number of esters is 1. The van der Waals surface area contributed by atoms with Crippen molar-refractivity contribution in [2.75, 3.05) is 19.8 Å². The molecule has 0 bridgehead atoms. The average Bonchev–Trinajstić information content (AvgIpc) is 3.20. The molecule has 2 heterocycles. The number of carbonyl (C=O) groups is 2. The fraction of sp³-hybridized carbons (Fsp3) is 0.467. The van der Waals surface area contributed by atoms with Crippen molar-refractivity contribution in [2.45, 2.75) is 31.7 Å². The molecule has 0 N–H and O–H groups in total. The topological polar surface area (TPSA) is 90.5 Å². The SMILES string of the molecule is CCn1c(SCC(=O)O[C@@H](C)C(=O)N(C)C)nnc1-c1ccco1. The van der Waals surface area contributed by atoms with Gasteiger partial charge >= 0.3 is 5.97 Å². The molecule has 0 spiro atoms. The Hall–Kier alpha value is -2.29. The molecule has 0 fully saturated rings. The molecule has 24 heavy (non-hydrogen) atoms. The predicted molar refractivity (Wildman–Crippen MR) is 88.4 cm³/mol. The van der Waals surface area contributed by atoms with Crippen molar-refractivity contribution in [3.05, 3.63) is 18.4 Å². The zero-order chi connectivity index (χ0) is 17.7. The zero-order valence-corrected chi connectivity index (χ0v) is 14.9. The molecular weight excluding hydrogens is 332 g/mol. The Morgan fingerprint density at radius 3 is 2.75 bits per heavy atom. The molecule has 0 unspecified atom stereocenters. The summed E-state index contributed by atoms with van der Waals surface area (Å²) in [6.45, 7) is 4.14. The van der Waals surface area contributed by atoms with Crippen LogP contribution in [0.5, 0.6) is 0 Å². The lowest BCUT2D eigenvalue weighted by atomic mass is 10.3. The van der Waals surface area contributed by atoms with Crippen molar-refractivity contribution in [3.8, 4) is 11.6 Å². The van der Waals surface area contributed by atoms with Gasteiger partial charge < -0.3 is 14.1 Å². The third-order valence-electron chi connectivity index (χ3n) is 3.19. The number of thioether (sulfide) groups is 1. The third-order valence-corrected chi connectivity index (χ3v) is 4.13. The van der Waals surface area contributed by atoms with E-state index in [4.69, 9.17) is 9.15 Å². The molecule has 2 rings (SSSR count). The van der Waals surface area contributed by atoms with Gasteiger partial charge in [0.1, 0.15) is 0 Å². The normalized spacial score (nSPS) is 12.0. The van der Waals surface area contributed by atoms with Gasteiger partial charge in [0.25, 0.3) is 5.91 Å². The van der Waals surface area contributed by atoms with Crippen LogP contribution in [-0.4, -0.2) is 57.5 Å². The Morgan fingerprint density at radius 1 is 1.42 bits per heavy atom. The number of ether oxygens (including phenoxy) is 1. The molecule has 130 valence electrons. The van der Waals surface area contributed by atoms with Crippen LogP contribution in [0.25, 0.3) is 11.6 Å². The first kappa shape index (κ1) is 18.1. The van der Waals surface area contributed by atoms with E-state index < -0.39 is 12.1 Å². The maximum atomic E-state index is 11.9. The number of carbonyl (C=O) groups excluding carboxylic acids is 2. The number of furan rings is 1. The lowest BCUT2D eigenvalue weighted by molar-refractivity contribution is -0.155. The molecule has 0 aliphatic heterocycles. The number of rotatable bonds is 7. The van der Waals surface area contributed by atoms with E-state index in [2.05, 4.69) is 10.2 Å². The first-order valence-corrected chi connectivity index (χ1v) is 8.43. The van der Waals surface area contributed by atoms with Crippen LogP contribution in [0.4, 0.5) is 0 Å². The summed E-state index contributed by atoms with van der Waals surface area (Å²) in [5, 5.41) is 8.79. The summed E-state index contributed by atoms with van der Waals surface area (Å²) in [4.78, 5) is 25.0. The second-order valence-electron chi connectivity index (χ2n) is 5.18. The highest BCUT2D eigenvalue weighted by Gasteiger charge is 2.21. The summed E-state index contributed by atoms with van der Waals surface area (Å²) in [5.74, 6) is 0.526. The van der Waals surface area contributed by atoms with E-state index in [1.165, 1.54) is 16.7 Å². The van der Waals surface area contributed by atoms with Crippen molar-refractivity contribution < 1.29 is 18.7 Å². The summed E-state index contributed by atoms with van der Waals surface area (Å²) in [5.41, 5.74) is 0. The van der Waals surface area contributed by atoms with E-state index in [1.54, 1.807) is 39.4 Å². The number of hydrogen-bond donors (Lipinski definition) is 0.